The minimum Gasteiger partial charge on any atom is -0.332 e. The van der Waals surface area contributed by atoms with Crippen molar-refractivity contribution < 1.29 is 13.2 Å². The van der Waals surface area contributed by atoms with Gasteiger partial charge in [-0.15, -0.1) is 0 Å². The van der Waals surface area contributed by atoms with Crippen LogP contribution in [-0.4, -0.2) is 31.5 Å². The number of carbonyl (C=O) groups excluding carboxylic acids is 1. The third-order valence-corrected chi connectivity index (χ3v) is 5.83. The van der Waals surface area contributed by atoms with E-state index in [1.54, 1.807) is 6.92 Å². The van der Waals surface area contributed by atoms with Crippen LogP contribution in [0.1, 0.15) is 13.3 Å². The topological polar surface area (TPSA) is 75.3 Å². The molecule has 116 valence electrons. The summed E-state index contributed by atoms with van der Waals surface area (Å²) in [5.74, 6) is 0.116. The molecular formula is C16H18N2O3S. The van der Waals surface area contributed by atoms with Crippen molar-refractivity contribution in [1.29, 1.82) is 0 Å². The molecule has 0 radical (unpaired) electrons. The molecule has 2 aromatic carbocycles. The van der Waals surface area contributed by atoms with Crippen molar-refractivity contribution in [3.05, 3.63) is 42.5 Å². The summed E-state index contributed by atoms with van der Waals surface area (Å²) in [6.07, 6.45) is 0.445. The minimum absolute atomic E-state index is 0.00879. The molecule has 5 nitrogen and oxygen atoms in total. The van der Waals surface area contributed by atoms with Crippen LogP contribution < -0.4 is 10.6 Å². The SMILES string of the molecule is CC1(NC(=O)Nc2ccc3ccccc3c2)CCS(=O)(=O)C1. The standard InChI is InChI=1S/C16H18N2O3S/c1-16(8-9-22(20,21)11-16)18-15(19)17-14-7-6-12-4-2-3-5-13(12)10-14/h2-7,10H,8-9,11H2,1H3,(H2,17,18,19). The largest absolute Gasteiger partial charge is 0.332 e. The summed E-state index contributed by atoms with van der Waals surface area (Å²) in [4.78, 5) is 12.1. The second kappa shape index (κ2) is 5.28. The Hall–Kier alpha value is -2.08. The van der Waals surface area contributed by atoms with Gasteiger partial charge in [-0.2, -0.15) is 0 Å². The van der Waals surface area contributed by atoms with Gasteiger partial charge in [-0.25, -0.2) is 13.2 Å². The van der Waals surface area contributed by atoms with Crippen molar-refractivity contribution in [2.45, 2.75) is 18.9 Å². The molecule has 1 saturated heterocycles. The molecular weight excluding hydrogens is 300 g/mol. The Kier molecular flexibility index (Phi) is 3.56. The highest BCUT2D eigenvalue weighted by Crippen LogP contribution is 2.23. The van der Waals surface area contributed by atoms with Gasteiger partial charge in [0.2, 0.25) is 0 Å². The second-order valence-corrected chi connectivity index (χ2v) is 8.23. The summed E-state index contributed by atoms with van der Waals surface area (Å²) in [6, 6.07) is 13.2. The molecule has 0 saturated carbocycles. The monoisotopic (exact) mass is 318 g/mol. The first kappa shape index (κ1) is 14.8. The number of amides is 2. The lowest BCUT2D eigenvalue weighted by atomic mass is 10.0. The van der Waals surface area contributed by atoms with Gasteiger partial charge in [-0.3, -0.25) is 0 Å². The van der Waals surface area contributed by atoms with Crippen molar-refractivity contribution in [3.63, 3.8) is 0 Å². The molecule has 1 fully saturated rings. The third-order valence-electron chi connectivity index (χ3n) is 3.93. The Balaban J connectivity index is 1.71. The molecule has 1 atom stereocenters. The zero-order valence-electron chi connectivity index (χ0n) is 12.3. The molecule has 3 rings (SSSR count). The molecule has 1 aliphatic rings. The van der Waals surface area contributed by atoms with Gasteiger partial charge in [0.25, 0.3) is 0 Å². The first-order valence-corrected chi connectivity index (χ1v) is 8.96. The summed E-state index contributed by atoms with van der Waals surface area (Å²) in [5, 5.41) is 7.68. The van der Waals surface area contributed by atoms with E-state index in [1.807, 2.05) is 42.5 Å². The van der Waals surface area contributed by atoms with E-state index in [0.717, 1.165) is 10.8 Å². The second-order valence-electron chi connectivity index (χ2n) is 6.04. The Morgan fingerprint density at radius 1 is 1.14 bits per heavy atom. The Labute approximate surface area is 129 Å². The maximum Gasteiger partial charge on any atom is 0.319 e. The van der Waals surface area contributed by atoms with E-state index in [0.29, 0.717) is 12.1 Å². The maximum atomic E-state index is 12.1. The van der Waals surface area contributed by atoms with Crippen molar-refractivity contribution in [3.8, 4) is 0 Å². The molecule has 22 heavy (non-hydrogen) atoms. The summed E-state index contributed by atoms with van der Waals surface area (Å²) < 4.78 is 23.1. The van der Waals surface area contributed by atoms with Crippen LogP contribution >= 0.6 is 0 Å². The highest BCUT2D eigenvalue weighted by atomic mass is 32.2. The number of nitrogens with one attached hydrogen (secondary N) is 2. The molecule has 6 heteroatoms. The average Bonchev–Trinajstić information content (AvgIpc) is 2.72. The van der Waals surface area contributed by atoms with Crippen molar-refractivity contribution in [2.24, 2.45) is 0 Å². The van der Waals surface area contributed by atoms with E-state index in [9.17, 15) is 13.2 Å². The molecule has 0 aliphatic carbocycles. The Morgan fingerprint density at radius 2 is 1.86 bits per heavy atom. The maximum absolute atomic E-state index is 12.1. The van der Waals surface area contributed by atoms with E-state index in [1.165, 1.54) is 0 Å². The van der Waals surface area contributed by atoms with Gasteiger partial charge in [0.15, 0.2) is 9.84 Å². The zero-order valence-corrected chi connectivity index (χ0v) is 13.1. The third kappa shape index (κ3) is 3.22. The van der Waals surface area contributed by atoms with Gasteiger partial charge in [-0.1, -0.05) is 30.3 Å². The molecule has 2 aromatic rings. The highest BCUT2D eigenvalue weighted by Gasteiger charge is 2.39. The number of urea groups is 1. The first-order chi connectivity index (χ1) is 10.4. The van der Waals surface area contributed by atoms with Crippen molar-refractivity contribution in [2.75, 3.05) is 16.8 Å². The van der Waals surface area contributed by atoms with Crippen LogP contribution in [0.25, 0.3) is 10.8 Å². The number of benzene rings is 2. The van der Waals surface area contributed by atoms with Gasteiger partial charge >= 0.3 is 6.03 Å². The van der Waals surface area contributed by atoms with Crippen LogP contribution in [0.4, 0.5) is 10.5 Å². The normalized spacial score (nSPS) is 23.3. The van der Waals surface area contributed by atoms with Crippen LogP contribution in [0.3, 0.4) is 0 Å². The minimum atomic E-state index is -3.04. The number of sulfone groups is 1. The zero-order chi connectivity index (χ0) is 15.8. The van der Waals surface area contributed by atoms with Crippen LogP contribution in [0, 0.1) is 0 Å². The Morgan fingerprint density at radius 3 is 2.55 bits per heavy atom. The first-order valence-electron chi connectivity index (χ1n) is 7.14. The number of anilines is 1. The lowest BCUT2D eigenvalue weighted by molar-refractivity contribution is 0.242. The van der Waals surface area contributed by atoms with Gasteiger partial charge < -0.3 is 10.6 Å². The molecule has 1 heterocycles. The van der Waals surface area contributed by atoms with Crippen molar-refractivity contribution >= 4 is 32.3 Å². The van der Waals surface area contributed by atoms with Crippen LogP contribution in [0.2, 0.25) is 0 Å². The van der Waals surface area contributed by atoms with E-state index < -0.39 is 15.4 Å². The highest BCUT2D eigenvalue weighted by molar-refractivity contribution is 7.91. The Bertz CT molecular complexity index is 832. The smallest absolute Gasteiger partial charge is 0.319 e. The van der Waals surface area contributed by atoms with Crippen LogP contribution in [-0.2, 0) is 9.84 Å². The van der Waals surface area contributed by atoms with Crippen LogP contribution in [0.5, 0.6) is 0 Å². The lowest BCUT2D eigenvalue weighted by Gasteiger charge is -2.24. The van der Waals surface area contributed by atoms with E-state index >= 15 is 0 Å². The van der Waals surface area contributed by atoms with Gasteiger partial charge in [0.1, 0.15) is 0 Å². The number of hydrogen-bond donors (Lipinski definition) is 2. The number of rotatable bonds is 2. The fourth-order valence-electron chi connectivity index (χ4n) is 2.81. The lowest BCUT2D eigenvalue weighted by Crippen LogP contribution is -2.48. The van der Waals surface area contributed by atoms with Gasteiger partial charge in [0, 0.05) is 5.69 Å². The summed E-state index contributed by atoms with van der Waals surface area (Å²) in [7, 11) is -3.04. The summed E-state index contributed by atoms with van der Waals surface area (Å²) in [6.45, 7) is 1.76. The molecule has 0 spiro atoms. The molecule has 1 unspecified atom stereocenters. The predicted octanol–water partition coefficient (Wildman–Crippen LogP) is 2.54. The molecule has 2 N–H and O–H groups in total. The summed E-state index contributed by atoms with van der Waals surface area (Å²) in [5.41, 5.74) is -0.0135. The molecule has 2 amide bonds. The molecule has 0 bridgehead atoms. The quantitative estimate of drug-likeness (QED) is 0.893. The fraction of sp³-hybridized carbons (Fsp3) is 0.312. The molecule has 1 aliphatic heterocycles. The van der Waals surface area contributed by atoms with Gasteiger partial charge in [0.05, 0.1) is 17.0 Å². The number of carbonyl (C=O) groups is 1. The van der Waals surface area contributed by atoms with E-state index in [2.05, 4.69) is 10.6 Å². The number of fused-ring (bicyclic) bond motifs is 1. The predicted molar refractivity (Wildman–Crippen MR) is 87.8 cm³/mol. The molecule has 0 aromatic heterocycles. The van der Waals surface area contributed by atoms with Crippen LogP contribution in [0.15, 0.2) is 42.5 Å². The summed E-state index contributed by atoms with van der Waals surface area (Å²) >= 11 is 0. The van der Waals surface area contributed by atoms with E-state index in [4.69, 9.17) is 0 Å². The van der Waals surface area contributed by atoms with Gasteiger partial charge in [-0.05, 0) is 36.2 Å². The number of hydrogen-bond acceptors (Lipinski definition) is 3. The fourth-order valence-corrected chi connectivity index (χ4v) is 4.91. The van der Waals surface area contributed by atoms with E-state index in [-0.39, 0.29) is 17.5 Å². The van der Waals surface area contributed by atoms with Crippen molar-refractivity contribution in [1.82, 2.24) is 5.32 Å². The average molecular weight is 318 g/mol.